The van der Waals surface area contributed by atoms with E-state index in [1.165, 1.54) is 11.1 Å². The Morgan fingerprint density at radius 1 is 1.38 bits per heavy atom. The molecule has 3 heteroatoms. The van der Waals surface area contributed by atoms with Crippen LogP contribution in [0.3, 0.4) is 0 Å². The van der Waals surface area contributed by atoms with E-state index < -0.39 is 0 Å². The number of carbonyl (C=O) groups is 1. The summed E-state index contributed by atoms with van der Waals surface area (Å²) in [6.07, 6.45) is 0. The number of carbonyl (C=O) groups excluding carboxylic acids is 1. The van der Waals surface area contributed by atoms with Crippen molar-refractivity contribution < 1.29 is 4.79 Å². The van der Waals surface area contributed by atoms with E-state index >= 15 is 0 Å². The summed E-state index contributed by atoms with van der Waals surface area (Å²) in [7, 11) is 1.83. The van der Waals surface area contributed by atoms with Crippen LogP contribution in [0.4, 0.5) is 0 Å². The fourth-order valence-electron chi connectivity index (χ4n) is 2.56. The number of amides is 1. The summed E-state index contributed by atoms with van der Waals surface area (Å²) in [4.78, 5) is 12.0. The minimum Gasteiger partial charge on any atom is -0.351 e. The third kappa shape index (κ3) is 1.61. The van der Waals surface area contributed by atoms with Crippen LogP contribution < -0.4 is 10.6 Å². The maximum absolute atomic E-state index is 12.0. The fourth-order valence-corrected chi connectivity index (χ4v) is 2.56. The number of nitrogens with one attached hydrogen (secondary N) is 2. The van der Waals surface area contributed by atoms with Crippen LogP contribution in [0, 0.1) is 0 Å². The molecule has 1 aromatic rings. The molecule has 3 nitrogen and oxygen atoms in total. The highest BCUT2D eigenvalue weighted by Crippen LogP contribution is 2.31. The quantitative estimate of drug-likeness (QED) is 0.743. The molecule has 2 N–H and O–H groups in total. The third-order valence-electron chi connectivity index (χ3n) is 3.44. The third-order valence-corrected chi connectivity index (χ3v) is 3.44. The van der Waals surface area contributed by atoms with E-state index in [0.717, 1.165) is 0 Å². The Morgan fingerprint density at radius 2 is 2.06 bits per heavy atom. The summed E-state index contributed by atoms with van der Waals surface area (Å²) < 4.78 is 0. The zero-order valence-corrected chi connectivity index (χ0v) is 10.0. The van der Waals surface area contributed by atoms with Gasteiger partial charge in [-0.1, -0.05) is 38.1 Å². The van der Waals surface area contributed by atoms with Crippen molar-refractivity contribution in [2.24, 2.45) is 0 Å². The van der Waals surface area contributed by atoms with Crippen molar-refractivity contribution in [3.05, 3.63) is 35.4 Å². The first-order valence-electron chi connectivity index (χ1n) is 5.60. The molecule has 0 aromatic heterocycles. The van der Waals surface area contributed by atoms with Crippen LogP contribution in [0.5, 0.6) is 0 Å². The molecule has 0 saturated carbocycles. The number of likely N-dealkylation sites (N-methyl/N-ethyl adjacent to an activating group) is 1. The van der Waals surface area contributed by atoms with Gasteiger partial charge < -0.3 is 10.6 Å². The van der Waals surface area contributed by atoms with E-state index in [4.69, 9.17) is 0 Å². The average Bonchev–Trinajstić information content (AvgIpc) is 2.35. The predicted molar refractivity (Wildman–Crippen MR) is 64.2 cm³/mol. The summed E-state index contributed by atoms with van der Waals surface area (Å²) >= 11 is 0. The van der Waals surface area contributed by atoms with E-state index in [0.29, 0.717) is 6.54 Å². The largest absolute Gasteiger partial charge is 0.351 e. The van der Waals surface area contributed by atoms with Crippen LogP contribution in [0.15, 0.2) is 24.3 Å². The monoisotopic (exact) mass is 218 g/mol. The Bertz CT molecular complexity index is 412. The van der Waals surface area contributed by atoms with Crippen LogP contribution in [0.2, 0.25) is 0 Å². The summed E-state index contributed by atoms with van der Waals surface area (Å²) in [5.41, 5.74) is 2.26. The second kappa shape index (κ2) is 3.91. The number of fused-ring (bicyclic) bond motifs is 1. The lowest BCUT2D eigenvalue weighted by Gasteiger charge is -2.32. The van der Waals surface area contributed by atoms with Gasteiger partial charge in [-0.25, -0.2) is 0 Å². The molecule has 1 unspecified atom stereocenters. The SMILES string of the molecule is CNC1C(=O)NCc2ccccc2C1(C)C. The van der Waals surface area contributed by atoms with E-state index in [-0.39, 0.29) is 17.4 Å². The van der Waals surface area contributed by atoms with Gasteiger partial charge in [0.1, 0.15) is 0 Å². The van der Waals surface area contributed by atoms with Crippen molar-refractivity contribution in [2.45, 2.75) is 31.8 Å². The van der Waals surface area contributed by atoms with Crippen LogP contribution >= 0.6 is 0 Å². The Hall–Kier alpha value is -1.35. The Labute approximate surface area is 96.2 Å². The van der Waals surface area contributed by atoms with E-state index in [1.54, 1.807) is 0 Å². The van der Waals surface area contributed by atoms with Crippen LogP contribution in [0.1, 0.15) is 25.0 Å². The highest BCUT2D eigenvalue weighted by atomic mass is 16.2. The Balaban J connectivity index is 2.54. The molecule has 0 bridgehead atoms. The molecular formula is C13H18N2O. The maximum atomic E-state index is 12.0. The van der Waals surface area contributed by atoms with Gasteiger partial charge in [0.15, 0.2) is 0 Å². The zero-order chi connectivity index (χ0) is 11.8. The second-order valence-corrected chi connectivity index (χ2v) is 4.82. The normalized spacial score (nSPS) is 23.2. The van der Waals surface area contributed by atoms with Crippen molar-refractivity contribution in [2.75, 3.05) is 7.05 Å². The highest BCUT2D eigenvalue weighted by Gasteiger charge is 2.38. The van der Waals surface area contributed by atoms with Gasteiger partial charge in [0.05, 0.1) is 6.04 Å². The number of hydrogen-bond acceptors (Lipinski definition) is 2. The van der Waals surface area contributed by atoms with Gasteiger partial charge in [0.25, 0.3) is 0 Å². The first-order chi connectivity index (χ1) is 7.57. The molecule has 0 radical (unpaired) electrons. The summed E-state index contributed by atoms with van der Waals surface area (Å²) in [6, 6.07) is 8.05. The lowest BCUT2D eigenvalue weighted by Crippen LogP contribution is -2.51. The summed E-state index contributed by atoms with van der Waals surface area (Å²) in [5.74, 6) is 0.0729. The summed E-state index contributed by atoms with van der Waals surface area (Å²) in [5, 5.41) is 6.07. The topological polar surface area (TPSA) is 41.1 Å². The molecule has 0 aliphatic carbocycles. The molecular weight excluding hydrogens is 200 g/mol. The lowest BCUT2D eigenvalue weighted by molar-refractivity contribution is -0.124. The smallest absolute Gasteiger partial charge is 0.238 e. The van der Waals surface area contributed by atoms with Crippen LogP contribution in [-0.4, -0.2) is 19.0 Å². The molecule has 86 valence electrons. The maximum Gasteiger partial charge on any atom is 0.238 e. The minimum atomic E-state index is -0.189. The van der Waals surface area contributed by atoms with Gasteiger partial charge in [-0.3, -0.25) is 4.79 Å². The second-order valence-electron chi connectivity index (χ2n) is 4.82. The molecule has 1 heterocycles. The molecule has 1 atom stereocenters. The van der Waals surface area contributed by atoms with Crippen LogP contribution in [-0.2, 0) is 16.8 Å². The summed E-state index contributed by atoms with van der Waals surface area (Å²) in [6.45, 7) is 4.84. The Morgan fingerprint density at radius 3 is 2.75 bits per heavy atom. The standard InChI is InChI=1S/C13H18N2O/c1-13(2)10-7-5-4-6-9(10)8-15-12(16)11(13)14-3/h4-7,11,14H,8H2,1-3H3,(H,15,16). The lowest BCUT2D eigenvalue weighted by atomic mass is 9.76. The predicted octanol–water partition coefficient (Wildman–Crippen LogP) is 1.18. The van der Waals surface area contributed by atoms with E-state index in [1.807, 2.05) is 19.2 Å². The molecule has 1 amide bonds. The van der Waals surface area contributed by atoms with Crippen molar-refractivity contribution in [3.63, 3.8) is 0 Å². The van der Waals surface area contributed by atoms with Gasteiger partial charge >= 0.3 is 0 Å². The molecule has 0 fully saturated rings. The fraction of sp³-hybridized carbons (Fsp3) is 0.462. The molecule has 1 aromatic carbocycles. The molecule has 0 saturated heterocycles. The number of rotatable bonds is 1. The minimum absolute atomic E-state index is 0.0729. The van der Waals surface area contributed by atoms with Crippen molar-refractivity contribution in [1.82, 2.24) is 10.6 Å². The van der Waals surface area contributed by atoms with E-state index in [2.05, 4.69) is 36.6 Å². The molecule has 16 heavy (non-hydrogen) atoms. The van der Waals surface area contributed by atoms with E-state index in [9.17, 15) is 4.79 Å². The molecule has 2 rings (SSSR count). The van der Waals surface area contributed by atoms with Crippen molar-refractivity contribution >= 4 is 5.91 Å². The molecule has 0 spiro atoms. The first-order valence-corrected chi connectivity index (χ1v) is 5.60. The number of hydrogen-bond donors (Lipinski definition) is 2. The zero-order valence-electron chi connectivity index (χ0n) is 10.0. The van der Waals surface area contributed by atoms with Gasteiger partial charge in [0.2, 0.25) is 5.91 Å². The number of benzene rings is 1. The van der Waals surface area contributed by atoms with Crippen molar-refractivity contribution in [3.8, 4) is 0 Å². The van der Waals surface area contributed by atoms with Crippen molar-refractivity contribution in [1.29, 1.82) is 0 Å². The first kappa shape index (κ1) is 11.1. The molecule has 1 aliphatic rings. The van der Waals surface area contributed by atoms with Crippen LogP contribution in [0.25, 0.3) is 0 Å². The van der Waals surface area contributed by atoms with Gasteiger partial charge in [-0.2, -0.15) is 0 Å². The molecule has 1 aliphatic heterocycles. The highest BCUT2D eigenvalue weighted by molar-refractivity contribution is 5.84. The average molecular weight is 218 g/mol. The van der Waals surface area contributed by atoms with Gasteiger partial charge in [-0.05, 0) is 18.2 Å². The Kier molecular flexibility index (Phi) is 2.72. The van der Waals surface area contributed by atoms with Gasteiger partial charge in [-0.15, -0.1) is 0 Å². The van der Waals surface area contributed by atoms with Gasteiger partial charge in [0, 0.05) is 12.0 Å².